The molecule has 142 valence electrons. The normalized spacial score (nSPS) is 14.6. The number of hydrogen-bond donors (Lipinski definition) is 3. The van der Waals surface area contributed by atoms with Crippen molar-refractivity contribution < 1.29 is 9.59 Å². The van der Waals surface area contributed by atoms with Crippen molar-refractivity contribution in [1.82, 2.24) is 20.9 Å². The molecule has 1 aliphatic rings. The highest BCUT2D eigenvalue weighted by molar-refractivity contribution is 7.07. The maximum absolute atomic E-state index is 12.5. The van der Waals surface area contributed by atoms with Gasteiger partial charge >= 0.3 is 0 Å². The second-order valence-corrected chi connectivity index (χ2v) is 6.96. The van der Waals surface area contributed by atoms with Gasteiger partial charge in [-0.25, -0.2) is 0 Å². The lowest BCUT2D eigenvalue weighted by Gasteiger charge is -2.26. The Labute approximate surface area is 162 Å². The van der Waals surface area contributed by atoms with E-state index in [4.69, 9.17) is 0 Å². The summed E-state index contributed by atoms with van der Waals surface area (Å²) in [6.07, 6.45) is 0. The Bertz CT molecular complexity index is 802. The van der Waals surface area contributed by atoms with E-state index in [2.05, 4.69) is 32.4 Å². The van der Waals surface area contributed by atoms with E-state index >= 15 is 0 Å². The summed E-state index contributed by atoms with van der Waals surface area (Å²) in [5.41, 5.74) is 2.85. The summed E-state index contributed by atoms with van der Waals surface area (Å²) in [5.74, 6) is 0.495. The highest BCUT2D eigenvalue weighted by Crippen LogP contribution is 2.09. The summed E-state index contributed by atoms with van der Waals surface area (Å²) in [7, 11) is 1.74. The van der Waals surface area contributed by atoms with Crippen molar-refractivity contribution in [2.24, 2.45) is 4.99 Å². The van der Waals surface area contributed by atoms with E-state index in [1.54, 1.807) is 35.4 Å². The van der Waals surface area contributed by atoms with Crippen molar-refractivity contribution in [2.75, 3.05) is 26.7 Å². The first-order valence-corrected chi connectivity index (χ1v) is 9.70. The summed E-state index contributed by atoms with van der Waals surface area (Å²) in [6.45, 7) is 2.49. The number of nitrogens with zero attached hydrogens (tertiary/aromatic N) is 2. The minimum atomic E-state index is -0.114. The number of amides is 2. The Morgan fingerprint density at radius 1 is 1.19 bits per heavy atom. The fourth-order valence-corrected chi connectivity index (χ4v) is 3.41. The van der Waals surface area contributed by atoms with Crippen molar-refractivity contribution in [3.8, 4) is 0 Å². The van der Waals surface area contributed by atoms with Crippen LogP contribution in [0.15, 0.2) is 46.1 Å². The molecular weight excluding hydrogens is 362 g/mol. The molecule has 1 aromatic carbocycles. The number of piperazine rings is 1. The summed E-state index contributed by atoms with van der Waals surface area (Å²) in [6, 6.07) is 9.50. The molecule has 0 spiro atoms. The number of hydrogen-bond acceptors (Lipinski definition) is 4. The zero-order chi connectivity index (χ0) is 19.1. The van der Waals surface area contributed by atoms with Gasteiger partial charge in [-0.1, -0.05) is 12.1 Å². The predicted octanol–water partition coefficient (Wildman–Crippen LogP) is 1.19. The summed E-state index contributed by atoms with van der Waals surface area (Å²) < 4.78 is 0. The number of benzene rings is 1. The molecule has 1 fully saturated rings. The fraction of sp³-hybridized carbons (Fsp3) is 0.316. The van der Waals surface area contributed by atoms with Crippen molar-refractivity contribution in [2.45, 2.75) is 13.1 Å². The van der Waals surface area contributed by atoms with Gasteiger partial charge in [-0.3, -0.25) is 14.6 Å². The van der Waals surface area contributed by atoms with Crippen molar-refractivity contribution in [3.63, 3.8) is 0 Å². The van der Waals surface area contributed by atoms with E-state index < -0.39 is 0 Å². The average molecular weight is 385 g/mol. The van der Waals surface area contributed by atoms with Gasteiger partial charge in [0.15, 0.2) is 5.96 Å². The van der Waals surface area contributed by atoms with Gasteiger partial charge < -0.3 is 20.9 Å². The second-order valence-electron chi connectivity index (χ2n) is 6.18. The van der Waals surface area contributed by atoms with E-state index in [-0.39, 0.29) is 18.4 Å². The van der Waals surface area contributed by atoms with Crippen LogP contribution in [0.2, 0.25) is 0 Å². The van der Waals surface area contributed by atoms with E-state index in [9.17, 15) is 9.59 Å². The average Bonchev–Trinajstić information content (AvgIpc) is 3.21. The number of aliphatic imine (C=N–C) groups is 1. The standard InChI is InChI=1S/C19H23N5O2S/c1-20-19(23-11-15-6-9-27-13-15)22-10-14-2-4-16(5-3-14)18(26)24-8-7-21-17(25)12-24/h2-6,9,13H,7-8,10-12H2,1H3,(H,21,25)(H2,20,22,23). The van der Waals surface area contributed by atoms with Crippen LogP contribution in [0.3, 0.4) is 0 Å². The number of thiophene rings is 1. The Morgan fingerprint density at radius 2 is 1.93 bits per heavy atom. The SMILES string of the molecule is CN=C(NCc1ccc(C(=O)N2CCNC(=O)C2)cc1)NCc1ccsc1. The molecule has 3 rings (SSSR count). The van der Waals surface area contributed by atoms with Crippen LogP contribution in [0.1, 0.15) is 21.5 Å². The highest BCUT2D eigenvalue weighted by Gasteiger charge is 2.22. The third-order valence-corrected chi connectivity index (χ3v) is 4.98. The van der Waals surface area contributed by atoms with Crippen molar-refractivity contribution in [3.05, 3.63) is 57.8 Å². The molecule has 0 radical (unpaired) electrons. The van der Waals surface area contributed by atoms with E-state index in [1.807, 2.05) is 17.5 Å². The van der Waals surface area contributed by atoms with Gasteiger partial charge in [0.05, 0.1) is 6.54 Å². The van der Waals surface area contributed by atoms with Crippen molar-refractivity contribution >= 4 is 29.1 Å². The predicted molar refractivity (Wildman–Crippen MR) is 107 cm³/mol. The molecule has 2 amide bonds. The Kier molecular flexibility index (Phi) is 6.43. The Hall–Kier alpha value is -2.87. The third-order valence-electron chi connectivity index (χ3n) is 4.25. The van der Waals surface area contributed by atoms with Crippen LogP contribution in [0, 0.1) is 0 Å². The number of carbonyl (C=O) groups is 2. The van der Waals surface area contributed by atoms with Crippen LogP contribution in [-0.2, 0) is 17.9 Å². The number of guanidine groups is 1. The quantitative estimate of drug-likeness (QED) is 0.533. The molecule has 7 nitrogen and oxygen atoms in total. The molecule has 0 atom stereocenters. The summed E-state index contributed by atoms with van der Waals surface area (Å²) >= 11 is 1.67. The Balaban J connectivity index is 1.50. The summed E-state index contributed by atoms with van der Waals surface area (Å²) in [4.78, 5) is 29.7. The van der Waals surface area contributed by atoms with E-state index in [0.29, 0.717) is 25.2 Å². The van der Waals surface area contributed by atoms with E-state index in [0.717, 1.165) is 18.1 Å². The molecule has 1 aromatic heterocycles. The first-order valence-electron chi connectivity index (χ1n) is 8.76. The van der Waals surface area contributed by atoms with Crippen LogP contribution in [0.4, 0.5) is 0 Å². The molecule has 1 saturated heterocycles. The van der Waals surface area contributed by atoms with Crippen LogP contribution in [0.25, 0.3) is 0 Å². The fourth-order valence-electron chi connectivity index (χ4n) is 2.75. The molecular formula is C19H23N5O2S. The first-order chi connectivity index (χ1) is 13.2. The topological polar surface area (TPSA) is 85.8 Å². The molecule has 0 saturated carbocycles. The number of rotatable bonds is 5. The van der Waals surface area contributed by atoms with Gasteiger partial charge in [0.25, 0.3) is 5.91 Å². The molecule has 2 heterocycles. The van der Waals surface area contributed by atoms with Gasteiger partial charge in [0.1, 0.15) is 0 Å². The first kappa shape index (κ1) is 18.9. The molecule has 0 unspecified atom stereocenters. The molecule has 27 heavy (non-hydrogen) atoms. The van der Waals surface area contributed by atoms with Crippen molar-refractivity contribution in [1.29, 1.82) is 0 Å². The molecule has 3 N–H and O–H groups in total. The largest absolute Gasteiger partial charge is 0.353 e. The molecule has 2 aromatic rings. The zero-order valence-corrected chi connectivity index (χ0v) is 16.0. The van der Waals surface area contributed by atoms with Crippen LogP contribution in [0.5, 0.6) is 0 Å². The second kappa shape index (κ2) is 9.18. The monoisotopic (exact) mass is 385 g/mol. The molecule has 8 heteroatoms. The van der Waals surface area contributed by atoms with Crippen LogP contribution >= 0.6 is 11.3 Å². The smallest absolute Gasteiger partial charge is 0.254 e. The minimum absolute atomic E-state index is 0.113. The minimum Gasteiger partial charge on any atom is -0.353 e. The Morgan fingerprint density at radius 3 is 2.56 bits per heavy atom. The van der Waals surface area contributed by atoms with E-state index in [1.165, 1.54) is 5.56 Å². The highest BCUT2D eigenvalue weighted by atomic mass is 32.1. The molecule has 0 aliphatic carbocycles. The lowest BCUT2D eigenvalue weighted by atomic mass is 10.1. The molecule has 1 aliphatic heterocycles. The van der Waals surface area contributed by atoms with Crippen LogP contribution < -0.4 is 16.0 Å². The lowest BCUT2D eigenvalue weighted by molar-refractivity contribution is -0.123. The molecule has 0 bridgehead atoms. The van der Waals surface area contributed by atoms with Gasteiger partial charge in [0.2, 0.25) is 5.91 Å². The van der Waals surface area contributed by atoms with Gasteiger partial charge in [-0.15, -0.1) is 0 Å². The number of carbonyl (C=O) groups excluding carboxylic acids is 2. The lowest BCUT2D eigenvalue weighted by Crippen LogP contribution is -2.49. The maximum Gasteiger partial charge on any atom is 0.254 e. The zero-order valence-electron chi connectivity index (χ0n) is 15.2. The van der Waals surface area contributed by atoms with Gasteiger partial charge in [-0.2, -0.15) is 11.3 Å². The third kappa shape index (κ3) is 5.30. The number of nitrogens with one attached hydrogen (secondary N) is 3. The van der Waals surface area contributed by atoms with Gasteiger partial charge in [-0.05, 0) is 40.1 Å². The van der Waals surface area contributed by atoms with Gasteiger partial charge in [0, 0.05) is 38.8 Å². The summed E-state index contributed by atoms with van der Waals surface area (Å²) in [5, 5.41) is 13.4. The maximum atomic E-state index is 12.5. The van der Waals surface area contributed by atoms with Crippen LogP contribution in [-0.4, -0.2) is 49.4 Å².